The molecule has 0 unspecified atom stereocenters. The fourth-order valence-corrected chi connectivity index (χ4v) is 3.81. The van der Waals surface area contributed by atoms with Gasteiger partial charge in [-0.1, -0.05) is 70.5 Å². The summed E-state index contributed by atoms with van der Waals surface area (Å²) in [4.78, 5) is 25.4. The zero-order valence-corrected chi connectivity index (χ0v) is 21.6. The molecule has 0 fully saturated rings. The molecule has 4 aromatic carbocycles. The van der Waals surface area contributed by atoms with Crippen molar-refractivity contribution in [3.63, 3.8) is 0 Å². The van der Waals surface area contributed by atoms with Crippen molar-refractivity contribution in [3.05, 3.63) is 124 Å². The highest BCUT2D eigenvalue weighted by Crippen LogP contribution is 2.26. The van der Waals surface area contributed by atoms with Gasteiger partial charge in [0.1, 0.15) is 36.0 Å². The summed E-state index contributed by atoms with van der Waals surface area (Å²) >= 11 is 3.40. The van der Waals surface area contributed by atoms with Crippen LogP contribution >= 0.6 is 15.9 Å². The molecule has 0 atom stereocenters. The normalized spacial score (nSPS) is 10.4. The minimum atomic E-state index is -0.599. The molecule has 0 aliphatic heterocycles. The van der Waals surface area contributed by atoms with E-state index in [4.69, 9.17) is 18.9 Å². The number of esters is 2. The van der Waals surface area contributed by atoms with E-state index >= 15 is 0 Å². The molecular weight excluding hydrogens is 536 g/mol. The molecule has 0 radical (unpaired) electrons. The maximum absolute atomic E-state index is 13.0. The van der Waals surface area contributed by atoms with Gasteiger partial charge in [0.15, 0.2) is 0 Å². The summed E-state index contributed by atoms with van der Waals surface area (Å²) in [6.07, 6.45) is 0.700. The van der Waals surface area contributed by atoms with E-state index in [1.807, 2.05) is 60.7 Å². The van der Waals surface area contributed by atoms with Crippen molar-refractivity contribution in [3.8, 4) is 17.2 Å². The zero-order valence-electron chi connectivity index (χ0n) is 20.0. The number of carbonyl (C=O) groups excluding carboxylic acids is 2. The summed E-state index contributed by atoms with van der Waals surface area (Å²) in [5.41, 5.74) is 1.67. The van der Waals surface area contributed by atoms with Crippen molar-refractivity contribution in [2.24, 2.45) is 0 Å². The van der Waals surface area contributed by atoms with Crippen LogP contribution in [0.25, 0.3) is 0 Å². The molecular formula is C30H25BrO6. The second kappa shape index (κ2) is 13.3. The van der Waals surface area contributed by atoms with E-state index in [2.05, 4.69) is 15.9 Å². The first-order valence-corrected chi connectivity index (χ1v) is 12.5. The first-order chi connectivity index (χ1) is 18.1. The number of hydrogen-bond acceptors (Lipinski definition) is 6. The first-order valence-electron chi connectivity index (χ1n) is 11.7. The Labute approximate surface area is 223 Å². The number of carbonyl (C=O) groups is 2. The maximum Gasteiger partial charge on any atom is 0.347 e. The van der Waals surface area contributed by atoms with Gasteiger partial charge in [0, 0.05) is 10.9 Å². The highest BCUT2D eigenvalue weighted by Gasteiger charge is 2.17. The van der Waals surface area contributed by atoms with E-state index in [1.54, 1.807) is 36.4 Å². The van der Waals surface area contributed by atoms with Gasteiger partial charge < -0.3 is 18.9 Å². The van der Waals surface area contributed by atoms with Crippen LogP contribution in [0.15, 0.2) is 108 Å². The molecule has 0 saturated heterocycles. The molecule has 0 spiro atoms. The van der Waals surface area contributed by atoms with Gasteiger partial charge in [-0.25, -0.2) is 9.59 Å². The molecule has 0 amide bonds. The highest BCUT2D eigenvalue weighted by molar-refractivity contribution is 9.10. The Balaban J connectivity index is 1.34. The second-order valence-electron chi connectivity index (χ2n) is 7.94. The Morgan fingerprint density at radius 1 is 0.649 bits per heavy atom. The molecule has 6 nitrogen and oxygen atoms in total. The Morgan fingerprint density at radius 2 is 1.38 bits per heavy atom. The van der Waals surface area contributed by atoms with E-state index in [0.717, 1.165) is 5.56 Å². The third-order valence-electron chi connectivity index (χ3n) is 5.26. The average molecular weight is 561 g/mol. The second-order valence-corrected chi connectivity index (χ2v) is 8.86. The predicted molar refractivity (Wildman–Crippen MR) is 143 cm³/mol. The number of rotatable bonds is 11. The van der Waals surface area contributed by atoms with Crippen molar-refractivity contribution < 1.29 is 28.5 Å². The van der Waals surface area contributed by atoms with Crippen LogP contribution in [0.4, 0.5) is 0 Å². The predicted octanol–water partition coefficient (Wildman–Crippen LogP) is 6.53. The lowest BCUT2D eigenvalue weighted by Crippen LogP contribution is -2.14. The lowest BCUT2D eigenvalue weighted by atomic mass is 10.1. The van der Waals surface area contributed by atoms with E-state index < -0.39 is 11.9 Å². The molecule has 7 heteroatoms. The molecule has 37 heavy (non-hydrogen) atoms. The molecule has 188 valence electrons. The van der Waals surface area contributed by atoms with Gasteiger partial charge in [0.25, 0.3) is 0 Å². The summed E-state index contributed by atoms with van der Waals surface area (Å²) in [7, 11) is 0. The van der Waals surface area contributed by atoms with Crippen molar-refractivity contribution in [1.29, 1.82) is 0 Å². The van der Waals surface area contributed by atoms with Gasteiger partial charge in [-0.3, -0.25) is 0 Å². The maximum atomic E-state index is 13.0. The van der Waals surface area contributed by atoms with Gasteiger partial charge in [0.05, 0.1) is 12.2 Å². The molecule has 0 saturated carbocycles. The van der Waals surface area contributed by atoms with E-state index in [-0.39, 0.29) is 30.1 Å². The molecule has 0 aromatic heterocycles. The van der Waals surface area contributed by atoms with Gasteiger partial charge in [-0.2, -0.15) is 0 Å². The fourth-order valence-electron chi connectivity index (χ4n) is 3.45. The van der Waals surface area contributed by atoms with Crippen LogP contribution in [0.1, 0.15) is 26.3 Å². The van der Waals surface area contributed by atoms with Crippen molar-refractivity contribution in [2.75, 3.05) is 19.8 Å². The van der Waals surface area contributed by atoms with Crippen molar-refractivity contribution >= 4 is 27.9 Å². The number of halogens is 1. The zero-order chi connectivity index (χ0) is 25.9. The van der Waals surface area contributed by atoms with Crippen molar-refractivity contribution in [1.82, 2.24) is 0 Å². The minimum Gasteiger partial charge on any atom is -0.492 e. The van der Waals surface area contributed by atoms with Gasteiger partial charge in [0.2, 0.25) is 0 Å². The van der Waals surface area contributed by atoms with E-state index in [9.17, 15) is 9.59 Å². The lowest BCUT2D eigenvalue weighted by molar-refractivity contribution is 0.0449. The van der Waals surface area contributed by atoms with Crippen LogP contribution in [-0.4, -0.2) is 31.8 Å². The van der Waals surface area contributed by atoms with Crippen LogP contribution in [-0.2, 0) is 11.2 Å². The first kappa shape index (κ1) is 26.0. The average Bonchev–Trinajstić information content (AvgIpc) is 2.93. The third kappa shape index (κ3) is 7.95. The van der Waals surface area contributed by atoms with E-state index in [1.165, 1.54) is 6.07 Å². The Morgan fingerprint density at radius 3 is 2.16 bits per heavy atom. The lowest BCUT2D eigenvalue weighted by Gasteiger charge is -2.12. The van der Waals surface area contributed by atoms with E-state index in [0.29, 0.717) is 29.0 Å². The molecule has 0 heterocycles. The summed E-state index contributed by atoms with van der Waals surface area (Å²) in [6, 6.07) is 30.7. The molecule has 4 aromatic rings. The minimum absolute atomic E-state index is 0.0828. The van der Waals surface area contributed by atoms with Crippen LogP contribution in [0.2, 0.25) is 0 Å². The SMILES string of the molecule is O=C(OCCOc1ccccc1)c1cccc(OC(=O)c2cc(Br)ccc2OCCc2ccccc2)c1. The summed E-state index contributed by atoms with van der Waals surface area (Å²) in [5, 5.41) is 0. The van der Waals surface area contributed by atoms with Gasteiger partial charge in [-0.15, -0.1) is 0 Å². The topological polar surface area (TPSA) is 71.1 Å². The number of ether oxygens (including phenoxy) is 4. The molecule has 0 N–H and O–H groups in total. The summed E-state index contributed by atoms with van der Waals surface area (Å²) in [5.74, 6) is 0.191. The quantitative estimate of drug-likeness (QED) is 0.118. The third-order valence-corrected chi connectivity index (χ3v) is 5.75. The largest absolute Gasteiger partial charge is 0.492 e. The highest BCUT2D eigenvalue weighted by atomic mass is 79.9. The number of benzene rings is 4. The Bertz CT molecular complexity index is 1320. The van der Waals surface area contributed by atoms with Crippen LogP contribution < -0.4 is 14.2 Å². The molecule has 0 aliphatic carbocycles. The molecule has 4 rings (SSSR count). The fraction of sp³-hybridized carbons (Fsp3) is 0.133. The molecule has 0 bridgehead atoms. The van der Waals surface area contributed by atoms with Gasteiger partial charge >= 0.3 is 11.9 Å². The smallest absolute Gasteiger partial charge is 0.347 e. The van der Waals surface area contributed by atoms with Crippen LogP contribution in [0, 0.1) is 0 Å². The number of para-hydroxylation sites is 1. The van der Waals surface area contributed by atoms with Crippen LogP contribution in [0.5, 0.6) is 17.2 Å². The van der Waals surface area contributed by atoms with Crippen molar-refractivity contribution in [2.45, 2.75) is 6.42 Å². The standard InChI is InChI=1S/C30H25BrO6/c31-24-14-15-28(35-17-16-22-8-3-1-4-9-22)27(21-24)30(33)37-26-13-7-10-23(20-26)29(32)36-19-18-34-25-11-5-2-6-12-25/h1-15,20-21H,16-19H2. The summed E-state index contributed by atoms with van der Waals surface area (Å²) < 4.78 is 23.0. The van der Waals surface area contributed by atoms with Crippen LogP contribution in [0.3, 0.4) is 0 Å². The Hall–Kier alpha value is -4.10. The Kier molecular flexibility index (Phi) is 9.32. The summed E-state index contributed by atoms with van der Waals surface area (Å²) in [6.45, 7) is 0.709. The molecule has 0 aliphatic rings. The van der Waals surface area contributed by atoms with Gasteiger partial charge in [-0.05, 0) is 54.1 Å². The number of hydrogen-bond donors (Lipinski definition) is 0. The monoisotopic (exact) mass is 560 g/mol.